The Morgan fingerprint density at radius 1 is 0.852 bits per heavy atom. The molecule has 0 unspecified atom stereocenters. The number of ether oxygens (including phenoxy) is 1. The molecule has 0 aromatic heterocycles. The van der Waals surface area contributed by atoms with E-state index in [1.54, 1.807) is 13.1 Å². The van der Waals surface area contributed by atoms with Crippen LogP contribution in [0.4, 0.5) is 11.4 Å². The van der Waals surface area contributed by atoms with Gasteiger partial charge in [-0.3, -0.25) is 0 Å². The summed E-state index contributed by atoms with van der Waals surface area (Å²) in [5.41, 5.74) is 2.93. The third-order valence-corrected chi connectivity index (χ3v) is 4.09. The molecule has 0 saturated carbocycles. The molecule has 4 nitrogen and oxygen atoms in total. The normalized spacial score (nSPS) is 13.4. The smallest absolute Gasteiger partial charge is 0.120 e. The van der Waals surface area contributed by atoms with Crippen molar-refractivity contribution < 1.29 is 9.84 Å². The van der Waals surface area contributed by atoms with Gasteiger partial charge in [0, 0.05) is 0 Å². The lowest BCUT2D eigenvalue weighted by atomic mass is 10.2. The van der Waals surface area contributed by atoms with Crippen LogP contribution in [0.2, 0.25) is 0 Å². The van der Waals surface area contributed by atoms with Crippen molar-refractivity contribution in [3.8, 4) is 0 Å². The number of para-hydroxylation sites is 2. The standard InChI is InChI=1S/C23H24N2O2/c1-19(26)23(27-18-20-11-5-2-6-12-20)17-24-25(21-13-7-3-8-14-21)22-15-9-4-10-16-22/h2-17,19,23,26H,18H2,1H3/b24-17+/t19-,23-/m0/s1. The average molecular weight is 360 g/mol. The molecule has 138 valence electrons. The number of nitrogens with zero attached hydrogens (tertiary/aromatic N) is 2. The Kier molecular flexibility index (Phi) is 6.74. The van der Waals surface area contributed by atoms with Crippen LogP contribution >= 0.6 is 0 Å². The first-order chi connectivity index (χ1) is 13.2. The summed E-state index contributed by atoms with van der Waals surface area (Å²) in [5, 5.41) is 16.6. The second-order valence-corrected chi connectivity index (χ2v) is 6.25. The van der Waals surface area contributed by atoms with Gasteiger partial charge >= 0.3 is 0 Å². The van der Waals surface area contributed by atoms with Crippen molar-refractivity contribution in [2.24, 2.45) is 5.10 Å². The number of hydrogen-bond donors (Lipinski definition) is 1. The van der Waals surface area contributed by atoms with Crippen molar-refractivity contribution in [1.82, 2.24) is 0 Å². The molecular formula is C23H24N2O2. The minimum Gasteiger partial charge on any atom is -0.390 e. The Hall–Kier alpha value is -2.95. The lowest BCUT2D eigenvalue weighted by Crippen LogP contribution is -2.29. The molecule has 0 aliphatic heterocycles. The third-order valence-electron chi connectivity index (χ3n) is 4.09. The summed E-state index contributed by atoms with van der Waals surface area (Å²) < 4.78 is 5.89. The van der Waals surface area contributed by atoms with Crippen molar-refractivity contribution in [3.63, 3.8) is 0 Å². The second-order valence-electron chi connectivity index (χ2n) is 6.25. The number of rotatable bonds is 8. The van der Waals surface area contributed by atoms with Gasteiger partial charge in [-0.1, -0.05) is 66.7 Å². The molecule has 27 heavy (non-hydrogen) atoms. The summed E-state index contributed by atoms with van der Waals surface area (Å²) in [6, 6.07) is 29.7. The molecule has 0 aliphatic rings. The molecule has 4 heteroatoms. The molecule has 3 rings (SSSR count). The number of aliphatic hydroxyl groups is 1. The largest absolute Gasteiger partial charge is 0.390 e. The van der Waals surface area contributed by atoms with E-state index >= 15 is 0 Å². The summed E-state index contributed by atoms with van der Waals surface area (Å²) >= 11 is 0. The van der Waals surface area contributed by atoms with Crippen molar-refractivity contribution in [2.45, 2.75) is 25.7 Å². The highest BCUT2D eigenvalue weighted by atomic mass is 16.5. The number of aliphatic hydroxyl groups excluding tert-OH is 1. The maximum absolute atomic E-state index is 10.1. The Balaban J connectivity index is 1.78. The second kappa shape index (κ2) is 9.67. The topological polar surface area (TPSA) is 45.1 Å². The molecule has 0 bridgehead atoms. The van der Waals surface area contributed by atoms with Gasteiger partial charge in [-0.05, 0) is 36.8 Å². The van der Waals surface area contributed by atoms with Gasteiger partial charge in [0.2, 0.25) is 0 Å². The first-order valence-electron chi connectivity index (χ1n) is 9.02. The van der Waals surface area contributed by atoms with Crippen LogP contribution in [-0.4, -0.2) is 23.5 Å². The van der Waals surface area contributed by atoms with E-state index in [-0.39, 0.29) is 0 Å². The summed E-state index contributed by atoms with van der Waals surface area (Å²) in [6.45, 7) is 2.12. The molecule has 0 amide bonds. The average Bonchev–Trinajstić information content (AvgIpc) is 2.72. The highest BCUT2D eigenvalue weighted by Gasteiger charge is 2.15. The highest BCUT2D eigenvalue weighted by Crippen LogP contribution is 2.25. The molecule has 0 heterocycles. The van der Waals surface area contributed by atoms with Crippen LogP contribution in [0, 0.1) is 0 Å². The maximum Gasteiger partial charge on any atom is 0.120 e. The van der Waals surface area contributed by atoms with Crippen LogP contribution < -0.4 is 5.01 Å². The van der Waals surface area contributed by atoms with Crippen LogP contribution in [0.25, 0.3) is 0 Å². The Morgan fingerprint density at radius 2 is 1.33 bits per heavy atom. The van der Waals surface area contributed by atoms with E-state index in [4.69, 9.17) is 4.74 Å². The zero-order valence-corrected chi connectivity index (χ0v) is 15.3. The quantitative estimate of drug-likeness (QED) is 0.465. The number of benzene rings is 3. The van der Waals surface area contributed by atoms with Gasteiger partial charge in [0.05, 0.1) is 30.3 Å². The lowest BCUT2D eigenvalue weighted by molar-refractivity contribution is 0.00390. The molecule has 3 aromatic rings. The SMILES string of the molecule is C[C@H](O)[C@H](/C=N/N(c1ccccc1)c1ccccc1)OCc1ccccc1. The van der Waals surface area contributed by atoms with Crippen LogP contribution in [0.15, 0.2) is 96.1 Å². The zero-order chi connectivity index (χ0) is 18.9. The Morgan fingerprint density at radius 3 is 1.81 bits per heavy atom. The van der Waals surface area contributed by atoms with Gasteiger partial charge in [-0.15, -0.1) is 0 Å². The molecule has 0 aliphatic carbocycles. The van der Waals surface area contributed by atoms with Crippen molar-refractivity contribution in [1.29, 1.82) is 0 Å². The molecule has 3 aromatic carbocycles. The number of anilines is 2. The van der Waals surface area contributed by atoms with E-state index in [2.05, 4.69) is 5.10 Å². The van der Waals surface area contributed by atoms with Gasteiger partial charge in [0.25, 0.3) is 0 Å². The first-order valence-corrected chi connectivity index (χ1v) is 9.02. The summed E-state index contributed by atoms with van der Waals surface area (Å²) in [5.74, 6) is 0. The van der Waals surface area contributed by atoms with Gasteiger partial charge in [0.15, 0.2) is 0 Å². The fraction of sp³-hybridized carbons (Fsp3) is 0.174. The molecule has 1 N–H and O–H groups in total. The molecule has 0 fully saturated rings. The van der Waals surface area contributed by atoms with Crippen molar-refractivity contribution in [3.05, 3.63) is 96.6 Å². The lowest BCUT2D eigenvalue weighted by Gasteiger charge is -2.22. The first kappa shape index (κ1) is 18.8. The van der Waals surface area contributed by atoms with Crippen LogP contribution in [0.3, 0.4) is 0 Å². The maximum atomic E-state index is 10.1. The number of hydrogen-bond acceptors (Lipinski definition) is 4. The molecule has 0 spiro atoms. The Bertz CT molecular complexity index is 781. The van der Waals surface area contributed by atoms with Crippen molar-refractivity contribution in [2.75, 3.05) is 5.01 Å². The van der Waals surface area contributed by atoms with Crippen LogP contribution in [0.5, 0.6) is 0 Å². The van der Waals surface area contributed by atoms with E-state index in [1.165, 1.54) is 0 Å². The third kappa shape index (κ3) is 5.51. The van der Waals surface area contributed by atoms with Gasteiger partial charge < -0.3 is 9.84 Å². The molecule has 2 atom stereocenters. The highest BCUT2D eigenvalue weighted by molar-refractivity contribution is 5.70. The molecular weight excluding hydrogens is 336 g/mol. The minimum absolute atomic E-state index is 0.416. The van der Waals surface area contributed by atoms with E-state index in [9.17, 15) is 5.11 Å². The van der Waals surface area contributed by atoms with Crippen molar-refractivity contribution >= 4 is 17.6 Å². The minimum atomic E-state index is -0.675. The van der Waals surface area contributed by atoms with Crippen LogP contribution in [0.1, 0.15) is 12.5 Å². The van der Waals surface area contributed by atoms with E-state index in [1.807, 2.05) is 96.0 Å². The van der Waals surface area contributed by atoms with E-state index in [0.717, 1.165) is 16.9 Å². The predicted octanol–water partition coefficient (Wildman–Crippen LogP) is 4.78. The van der Waals surface area contributed by atoms with Gasteiger partial charge in [-0.25, -0.2) is 5.01 Å². The molecule has 0 radical (unpaired) electrons. The van der Waals surface area contributed by atoms with Gasteiger partial charge in [0.1, 0.15) is 6.10 Å². The Labute approximate surface area is 160 Å². The predicted molar refractivity (Wildman–Crippen MR) is 110 cm³/mol. The van der Waals surface area contributed by atoms with E-state index < -0.39 is 12.2 Å². The van der Waals surface area contributed by atoms with Crippen LogP contribution in [-0.2, 0) is 11.3 Å². The van der Waals surface area contributed by atoms with Gasteiger partial charge in [-0.2, -0.15) is 5.10 Å². The summed E-state index contributed by atoms with van der Waals surface area (Å²) in [7, 11) is 0. The monoisotopic (exact) mass is 360 g/mol. The summed E-state index contributed by atoms with van der Waals surface area (Å²) in [6.07, 6.45) is 0.471. The zero-order valence-electron chi connectivity index (χ0n) is 15.3. The molecule has 0 saturated heterocycles. The van der Waals surface area contributed by atoms with E-state index in [0.29, 0.717) is 6.61 Å². The summed E-state index contributed by atoms with van der Waals surface area (Å²) in [4.78, 5) is 0. The fourth-order valence-corrected chi connectivity index (χ4v) is 2.63. The number of hydrazone groups is 1. The fourth-order valence-electron chi connectivity index (χ4n) is 2.63.